The lowest BCUT2D eigenvalue weighted by Crippen LogP contribution is -2.42. The number of hydrogen-bond donors (Lipinski definition) is 2. The molecule has 2 unspecified atom stereocenters. The first-order valence-corrected chi connectivity index (χ1v) is 9.38. The number of rotatable bonds is 7. The van der Waals surface area contributed by atoms with E-state index in [-0.39, 0.29) is 11.6 Å². The number of para-hydroxylation sites is 1. The number of nitrogens with one attached hydrogen (secondary N) is 1. The molecular formula is C18H21N3O3S. The van der Waals surface area contributed by atoms with E-state index in [4.69, 9.17) is 0 Å². The second kappa shape index (κ2) is 8.58. The van der Waals surface area contributed by atoms with Gasteiger partial charge in [-0.15, -0.1) is 0 Å². The molecule has 6 nitrogen and oxygen atoms in total. The maximum atomic E-state index is 12.4. The van der Waals surface area contributed by atoms with Crippen LogP contribution in [0.2, 0.25) is 0 Å². The minimum absolute atomic E-state index is 0.0982. The molecular weight excluding hydrogens is 338 g/mol. The molecule has 1 amide bonds. The first-order chi connectivity index (χ1) is 12.0. The molecule has 0 bridgehead atoms. The quantitative estimate of drug-likeness (QED) is 0.572. The average molecular weight is 359 g/mol. The van der Waals surface area contributed by atoms with E-state index < -0.39 is 17.9 Å². The van der Waals surface area contributed by atoms with Gasteiger partial charge in [-0.3, -0.25) is 4.79 Å². The summed E-state index contributed by atoms with van der Waals surface area (Å²) in [5.74, 6) is -1.15. The zero-order valence-electron chi connectivity index (χ0n) is 14.2. The predicted molar refractivity (Wildman–Crippen MR) is 98.3 cm³/mol. The second-order valence-corrected chi connectivity index (χ2v) is 6.88. The SMILES string of the molecule is CSCCC(NC(=O)/C(C#N)=C\N1c2ccccc2CC1C)C(=O)O. The van der Waals surface area contributed by atoms with E-state index in [0.29, 0.717) is 12.2 Å². The fraction of sp³-hybridized carbons (Fsp3) is 0.389. The summed E-state index contributed by atoms with van der Waals surface area (Å²) in [6.07, 6.45) is 4.52. The van der Waals surface area contributed by atoms with Crippen LogP contribution in [0.15, 0.2) is 36.0 Å². The number of thioether (sulfide) groups is 1. The molecule has 0 fully saturated rings. The monoisotopic (exact) mass is 359 g/mol. The van der Waals surface area contributed by atoms with Crippen molar-refractivity contribution in [3.05, 3.63) is 41.6 Å². The van der Waals surface area contributed by atoms with Gasteiger partial charge < -0.3 is 15.3 Å². The van der Waals surface area contributed by atoms with Gasteiger partial charge in [0.2, 0.25) is 0 Å². The largest absolute Gasteiger partial charge is 0.480 e. The number of carbonyl (C=O) groups excluding carboxylic acids is 1. The highest BCUT2D eigenvalue weighted by Gasteiger charge is 2.27. The van der Waals surface area contributed by atoms with Gasteiger partial charge in [-0.2, -0.15) is 17.0 Å². The molecule has 0 spiro atoms. The van der Waals surface area contributed by atoms with Crippen molar-refractivity contribution in [3.63, 3.8) is 0 Å². The van der Waals surface area contributed by atoms with Crippen molar-refractivity contribution in [3.8, 4) is 6.07 Å². The zero-order chi connectivity index (χ0) is 18.4. The van der Waals surface area contributed by atoms with Gasteiger partial charge in [-0.05, 0) is 43.4 Å². The average Bonchev–Trinajstić information content (AvgIpc) is 2.91. The minimum Gasteiger partial charge on any atom is -0.480 e. The summed E-state index contributed by atoms with van der Waals surface area (Å²) in [5, 5.41) is 21.0. The molecule has 0 saturated carbocycles. The molecule has 2 N–H and O–H groups in total. The molecule has 0 aromatic heterocycles. The lowest BCUT2D eigenvalue weighted by atomic mass is 10.1. The van der Waals surface area contributed by atoms with Gasteiger partial charge in [0.15, 0.2) is 0 Å². The Balaban J connectivity index is 2.18. The number of nitrogens with zero attached hydrogens (tertiary/aromatic N) is 2. The Morgan fingerprint density at radius 2 is 2.24 bits per heavy atom. The van der Waals surface area contributed by atoms with Gasteiger partial charge in [-0.25, -0.2) is 4.79 Å². The summed E-state index contributed by atoms with van der Waals surface area (Å²) < 4.78 is 0. The van der Waals surface area contributed by atoms with E-state index in [1.54, 1.807) is 0 Å². The Labute approximate surface area is 151 Å². The van der Waals surface area contributed by atoms with Crippen molar-refractivity contribution in [1.82, 2.24) is 5.32 Å². The van der Waals surface area contributed by atoms with Crippen LogP contribution in [0.5, 0.6) is 0 Å². The molecule has 1 aromatic rings. The molecule has 2 atom stereocenters. The third-order valence-electron chi connectivity index (χ3n) is 4.11. The first kappa shape index (κ1) is 18.9. The molecule has 7 heteroatoms. The van der Waals surface area contributed by atoms with Crippen molar-refractivity contribution in [2.75, 3.05) is 16.9 Å². The summed E-state index contributed by atoms with van der Waals surface area (Å²) in [7, 11) is 0. The van der Waals surface area contributed by atoms with Crippen LogP contribution in [0.1, 0.15) is 18.9 Å². The Morgan fingerprint density at radius 1 is 1.52 bits per heavy atom. The Bertz CT molecular complexity index is 727. The molecule has 1 aromatic carbocycles. The number of carboxylic acids is 1. The summed E-state index contributed by atoms with van der Waals surface area (Å²) in [4.78, 5) is 25.5. The number of hydrogen-bond acceptors (Lipinski definition) is 5. The number of fused-ring (bicyclic) bond motifs is 1. The number of nitriles is 1. The van der Waals surface area contributed by atoms with Gasteiger partial charge in [0.05, 0.1) is 0 Å². The molecule has 0 saturated heterocycles. The Morgan fingerprint density at radius 3 is 2.88 bits per heavy atom. The maximum Gasteiger partial charge on any atom is 0.326 e. The normalized spacial score (nSPS) is 17.6. The summed E-state index contributed by atoms with van der Waals surface area (Å²) in [6, 6.07) is 8.85. The van der Waals surface area contributed by atoms with Crippen LogP contribution in [0.4, 0.5) is 5.69 Å². The van der Waals surface area contributed by atoms with Crippen LogP contribution < -0.4 is 10.2 Å². The first-order valence-electron chi connectivity index (χ1n) is 7.98. The van der Waals surface area contributed by atoms with Crippen molar-refractivity contribution in [2.24, 2.45) is 0 Å². The van der Waals surface area contributed by atoms with E-state index in [1.165, 1.54) is 18.0 Å². The highest BCUT2D eigenvalue weighted by atomic mass is 32.2. The molecule has 1 aliphatic heterocycles. The lowest BCUT2D eigenvalue weighted by Gasteiger charge is -2.21. The number of benzene rings is 1. The standard InChI is InChI=1S/C18H21N3O3S/c1-12-9-13-5-3-4-6-16(13)21(12)11-14(10-19)17(22)20-15(18(23)24)7-8-25-2/h3-6,11-12,15H,7-9H2,1-2H3,(H,20,22)(H,23,24)/b14-11-. The molecule has 1 heterocycles. The predicted octanol–water partition coefficient (Wildman–Crippen LogP) is 2.17. The summed E-state index contributed by atoms with van der Waals surface area (Å²) in [6.45, 7) is 2.02. The molecule has 2 rings (SSSR count). The van der Waals surface area contributed by atoms with Crippen LogP contribution in [0, 0.1) is 11.3 Å². The number of carboxylic acid groups (broad SMARTS) is 1. The van der Waals surface area contributed by atoms with Crippen LogP contribution in [-0.4, -0.2) is 41.1 Å². The van der Waals surface area contributed by atoms with Crippen molar-refractivity contribution < 1.29 is 14.7 Å². The van der Waals surface area contributed by atoms with Gasteiger partial charge in [-0.1, -0.05) is 18.2 Å². The van der Waals surface area contributed by atoms with Gasteiger partial charge in [0.25, 0.3) is 5.91 Å². The van der Waals surface area contributed by atoms with Gasteiger partial charge in [0, 0.05) is 17.9 Å². The fourth-order valence-corrected chi connectivity index (χ4v) is 3.26. The van der Waals surface area contributed by atoms with Gasteiger partial charge >= 0.3 is 5.97 Å². The molecule has 0 radical (unpaired) electrons. The number of carbonyl (C=O) groups is 2. The third kappa shape index (κ3) is 4.54. The Kier molecular flexibility index (Phi) is 6.48. The smallest absolute Gasteiger partial charge is 0.326 e. The maximum absolute atomic E-state index is 12.4. The topological polar surface area (TPSA) is 93.4 Å². The van der Waals surface area contributed by atoms with Crippen LogP contribution in [0.3, 0.4) is 0 Å². The van der Waals surface area contributed by atoms with Crippen molar-refractivity contribution in [1.29, 1.82) is 5.26 Å². The van der Waals surface area contributed by atoms with Crippen LogP contribution in [0.25, 0.3) is 0 Å². The van der Waals surface area contributed by atoms with E-state index in [0.717, 1.165) is 17.7 Å². The Hall–Kier alpha value is -2.46. The highest BCUT2D eigenvalue weighted by Crippen LogP contribution is 2.32. The number of amides is 1. The van der Waals surface area contributed by atoms with Crippen LogP contribution >= 0.6 is 11.8 Å². The van der Waals surface area contributed by atoms with Crippen LogP contribution in [-0.2, 0) is 16.0 Å². The van der Waals surface area contributed by atoms with Crippen molar-refractivity contribution >= 4 is 29.3 Å². The number of anilines is 1. The summed E-state index contributed by atoms with van der Waals surface area (Å²) in [5.41, 5.74) is 2.03. The highest BCUT2D eigenvalue weighted by molar-refractivity contribution is 7.98. The number of aliphatic carboxylic acids is 1. The molecule has 1 aliphatic rings. The van der Waals surface area contributed by atoms with E-state index in [9.17, 15) is 20.0 Å². The van der Waals surface area contributed by atoms with E-state index in [1.807, 2.05) is 48.4 Å². The fourth-order valence-electron chi connectivity index (χ4n) is 2.79. The molecule has 25 heavy (non-hydrogen) atoms. The van der Waals surface area contributed by atoms with Gasteiger partial charge in [0.1, 0.15) is 17.7 Å². The minimum atomic E-state index is -1.10. The van der Waals surface area contributed by atoms with E-state index >= 15 is 0 Å². The zero-order valence-corrected chi connectivity index (χ0v) is 15.0. The molecule has 132 valence electrons. The van der Waals surface area contributed by atoms with E-state index in [2.05, 4.69) is 5.32 Å². The van der Waals surface area contributed by atoms with Crippen molar-refractivity contribution in [2.45, 2.75) is 31.8 Å². The lowest BCUT2D eigenvalue weighted by molar-refractivity contribution is -0.141. The summed E-state index contributed by atoms with van der Waals surface area (Å²) >= 11 is 1.50. The second-order valence-electron chi connectivity index (χ2n) is 5.89. The third-order valence-corrected chi connectivity index (χ3v) is 4.75. The molecule has 0 aliphatic carbocycles.